The molecule has 3 heterocycles. The number of benzene rings is 1. The van der Waals surface area contributed by atoms with Gasteiger partial charge in [-0.2, -0.15) is 17.5 Å². The third-order valence-corrected chi connectivity index (χ3v) is 7.41. The number of nitrogens with zero attached hydrogens (tertiary/aromatic N) is 5. The Morgan fingerprint density at radius 1 is 0.875 bits per heavy atom. The molecule has 0 aliphatic carbocycles. The van der Waals surface area contributed by atoms with E-state index < -0.39 is 21.8 Å². The molecule has 0 radical (unpaired) electrons. The fraction of sp³-hybridized carbons (Fsp3) is 0.500. The van der Waals surface area contributed by atoms with Crippen molar-refractivity contribution in [1.82, 2.24) is 14.3 Å². The lowest BCUT2D eigenvalue weighted by Crippen LogP contribution is -2.49. The summed E-state index contributed by atoms with van der Waals surface area (Å²) in [5.74, 6) is 1.22. The number of alkyl halides is 3. The molecule has 2 aliphatic heterocycles. The summed E-state index contributed by atoms with van der Waals surface area (Å²) < 4.78 is 70.4. The van der Waals surface area contributed by atoms with E-state index in [4.69, 9.17) is 4.74 Å². The zero-order valence-electron chi connectivity index (χ0n) is 17.3. The van der Waals surface area contributed by atoms with Gasteiger partial charge in [-0.1, -0.05) is 12.1 Å². The van der Waals surface area contributed by atoms with Crippen molar-refractivity contribution in [3.05, 3.63) is 47.8 Å². The lowest BCUT2D eigenvalue weighted by Gasteiger charge is -2.35. The normalized spacial score (nSPS) is 18.7. The first-order valence-electron chi connectivity index (χ1n) is 10.3. The number of morpholine rings is 1. The summed E-state index contributed by atoms with van der Waals surface area (Å²) in [4.78, 5) is 12.8. The Hall–Kier alpha value is -2.44. The third kappa shape index (κ3) is 5.30. The van der Waals surface area contributed by atoms with Crippen LogP contribution >= 0.6 is 0 Å². The summed E-state index contributed by atoms with van der Waals surface area (Å²) in [6, 6.07) is 6.14. The summed E-state index contributed by atoms with van der Waals surface area (Å²) in [6.07, 6.45) is -2.94. The number of halogens is 3. The topological polar surface area (TPSA) is 78.9 Å². The summed E-state index contributed by atoms with van der Waals surface area (Å²) >= 11 is 0. The maximum Gasteiger partial charge on any atom is 0.416 e. The summed E-state index contributed by atoms with van der Waals surface area (Å²) in [7, 11) is -3.65. The molecule has 0 atom stereocenters. The smallest absolute Gasteiger partial charge is 0.378 e. The van der Waals surface area contributed by atoms with Crippen LogP contribution in [0.2, 0.25) is 0 Å². The van der Waals surface area contributed by atoms with E-state index in [9.17, 15) is 21.6 Å². The molecule has 0 bridgehead atoms. The van der Waals surface area contributed by atoms with Gasteiger partial charge in [0.25, 0.3) is 0 Å². The standard InChI is InChI=1S/C20H24F3N5O3S/c21-20(22,23)17-3-1-16(2-4-17)14-32(29,30)28-7-5-26(6-8-28)18-13-19(25-15-24-18)27-9-11-31-12-10-27/h1-4,13,15H,5-12,14H2. The minimum Gasteiger partial charge on any atom is -0.378 e. The quantitative estimate of drug-likeness (QED) is 0.660. The molecule has 12 heteroatoms. The van der Waals surface area contributed by atoms with E-state index >= 15 is 0 Å². The molecule has 1 aromatic heterocycles. The summed E-state index contributed by atoms with van der Waals surface area (Å²) in [5.41, 5.74) is -0.472. The largest absolute Gasteiger partial charge is 0.416 e. The van der Waals surface area contributed by atoms with Gasteiger partial charge in [-0.25, -0.2) is 18.4 Å². The van der Waals surface area contributed by atoms with Gasteiger partial charge in [-0.05, 0) is 17.7 Å². The molecule has 174 valence electrons. The zero-order valence-corrected chi connectivity index (χ0v) is 18.1. The van der Waals surface area contributed by atoms with Crippen LogP contribution in [0.5, 0.6) is 0 Å². The van der Waals surface area contributed by atoms with Crippen LogP contribution in [0.25, 0.3) is 0 Å². The first kappa shape index (κ1) is 22.7. The Labute approximate surface area is 184 Å². The third-order valence-electron chi connectivity index (χ3n) is 5.56. The molecule has 4 rings (SSSR count). The van der Waals surface area contributed by atoms with Gasteiger partial charge in [0.1, 0.15) is 18.0 Å². The Morgan fingerprint density at radius 2 is 1.44 bits per heavy atom. The number of aromatic nitrogens is 2. The predicted molar refractivity (Wildman–Crippen MR) is 113 cm³/mol. The molecule has 2 aliphatic rings. The van der Waals surface area contributed by atoms with E-state index in [0.29, 0.717) is 31.9 Å². The molecule has 2 fully saturated rings. The molecule has 0 amide bonds. The minimum atomic E-state index is -4.45. The monoisotopic (exact) mass is 471 g/mol. The van der Waals surface area contributed by atoms with Crippen molar-refractivity contribution in [2.24, 2.45) is 0 Å². The van der Waals surface area contributed by atoms with E-state index in [-0.39, 0.29) is 18.8 Å². The number of sulfonamides is 1. The van der Waals surface area contributed by atoms with E-state index in [1.165, 1.54) is 22.8 Å². The van der Waals surface area contributed by atoms with Crippen LogP contribution in [0.3, 0.4) is 0 Å². The highest BCUT2D eigenvalue weighted by Gasteiger charge is 2.31. The molecule has 2 saturated heterocycles. The molecular formula is C20H24F3N5O3S. The fourth-order valence-corrected chi connectivity index (χ4v) is 5.28. The van der Waals surface area contributed by atoms with E-state index in [2.05, 4.69) is 14.9 Å². The number of ether oxygens (including phenoxy) is 1. The highest BCUT2D eigenvalue weighted by Crippen LogP contribution is 2.29. The Kier molecular flexibility index (Phi) is 6.54. The van der Waals surface area contributed by atoms with E-state index in [0.717, 1.165) is 36.9 Å². The van der Waals surface area contributed by atoms with Crippen molar-refractivity contribution in [1.29, 1.82) is 0 Å². The van der Waals surface area contributed by atoms with Crippen molar-refractivity contribution < 1.29 is 26.3 Å². The summed E-state index contributed by atoms with van der Waals surface area (Å²) in [5, 5.41) is 0. The number of rotatable bonds is 5. The number of hydrogen-bond donors (Lipinski definition) is 0. The van der Waals surface area contributed by atoms with Crippen molar-refractivity contribution in [2.45, 2.75) is 11.9 Å². The first-order valence-corrected chi connectivity index (χ1v) is 11.9. The Balaban J connectivity index is 1.36. The maximum atomic E-state index is 12.8. The number of anilines is 2. The second-order valence-electron chi connectivity index (χ2n) is 7.67. The van der Waals surface area contributed by atoms with Crippen LogP contribution in [0.15, 0.2) is 36.7 Å². The molecule has 0 saturated carbocycles. The lowest BCUT2D eigenvalue weighted by atomic mass is 10.1. The minimum absolute atomic E-state index is 0.278. The average Bonchev–Trinajstić information content (AvgIpc) is 2.79. The van der Waals surface area contributed by atoms with Gasteiger partial charge >= 0.3 is 6.18 Å². The van der Waals surface area contributed by atoms with Crippen LogP contribution in [0.4, 0.5) is 24.8 Å². The molecule has 0 spiro atoms. The van der Waals surface area contributed by atoms with E-state index in [1.54, 1.807) is 0 Å². The van der Waals surface area contributed by atoms with Crippen molar-refractivity contribution in [3.63, 3.8) is 0 Å². The molecule has 32 heavy (non-hydrogen) atoms. The SMILES string of the molecule is O=S(=O)(Cc1ccc(C(F)(F)F)cc1)N1CCN(c2cc(N3CCOCC3)ncn2)CC1. The number of piperazine rings is 1. The van der Waals surface area contributed by atoms with Gasteiger partial charge in [0.2, 0.25) is 10.0 Å². The Morgan fingerprint density at radius 3 is 2.00 bits per heavy atom. The molecule has 1 aromatic carbocycles. The van der Waals surface area contributed by atoms with Gasteiger partial charge in [0.15, 0.2) is 0 Å². The second kappa shape index (κ2) is 9.20. The highest BCUT2D eigenvalue weighted by atomic mass is 32.2. The second-order valence-corrected chi connectivity index (χ2v) is 9.64. The summed E-state index contributed by atoms with van der Waals surface area (Å²) in [6.45, 7) is 4.29. The maximum absolute atomic E-state index is 12.8. The van der Waals surface area contributed by atoms with Crippen molar-refractivity contribution >= 4 is 21.7 Å². The van der Waals surface area contributed by atoms with Gasteiger partial charge in [-0.15, -0.1) is 0 Å². The fourth-order valence-electron chi connectivity index (χ4n) is 3.76. The molecular weight excluding hydrogens is 447 g/mol. The number of hydrogen-bond acceptors (Lipinski definition) is 7. The van der Waals surface area contributed by atoms with Crippen LogP contribution in [-0.2, 0) is 26.7 Å². The van der Waals surface area contributed by atoms with Gasteiger partial charge in [0.05, 0.1) is 24.5 Å². The molecule has 2 aromatic rings. The predicted octanol–water partition coefficient (Wildman–Crippen LogP) is 1.98. The highest BCUT2D eigenvalue weighted by molar-refractivity contribution is 7.88. The van der Waals surface area contributed by atoms with Crippen LogP contribution in [0.1, 0.15) is 11.1 Å². The van der Waals surface area contributed by atoms with Crippen LogP contribution < -0.4 is 9.80 Å². The molecule has 0 unspecified atom stereocenters. The van der Waals surface area contributed by atoms with Gasteiger partial charge in [-0.3, -0.25) is 0 Å². The van der Waals surface area contributed by atoms with Crippen molar-refractivity contribution in [3.8, 4) is 0 Å². The van der Waals surface area contributed by atoms with Crippen LogP contribution in [-0.4, -0.2) is 75.2 Å². The average molecular weight is 472 g/mol. The van der Waals surface area contributed by atoms with Gasteiger partial charge in [0, 0.05) is 45.3 Å². The van der Waals surface area contributed by atoms with Crippen LogP contribution in [0, 0.1) is 0 Å². The molecule has 0 N–H and O–H groups in total. The first-order chi connectivity index (χ1) is 15.2. The zero-order chi connectivity index (χ0) is 22.8. The molecule has 8 nitrogen and oxygen atoms in total. The lowest BCUT2D eigenvalue weighted by molar-refractivity contribution is -0.137. The van der Waals surface area contributed by atoms with Gasteiger partial charge < -0.3 is 14.5 Å². The Bertz CT molecular complexity index is 1020. The van der Waals surface area contributed by atoms with E-state index in [1.807, 2.05) is 11.0 Å². The van der Waals surface area contributed by atoms with Crippen molar-refractivity contribution in [2.75, 3.05) is 62.3 Å².